The topological polar surface area (TPSA) is 294 Å². The van der Waals surface area contributed by atoms with Crippen LogP contribution in [0.4, 0.5) is 5.95 Å². The van der Waals surface area contributed by atoms with Gasteiger partial charge >= 0.3 is 13.5 Å². The Balaban J connectivity index is 0.00000370. The number of hydrogen-bond donors (Lipinski definition) is 7. The molecule has 7 atom stereocenters. The number of anilines is 1. The molecule has 2 aliphatic rings. The number of nitrogen functional groups attached to an aromatic ring is 1. The lowest BCUT2D eigenvalue weighted by atomic mass is 10.2. The first-order valence-electron chi connectivity index (χ1n) is 11.8. The number of imidazole rings is 1. The van der Waals surface area contributed by atoms with Gasteiger partial charge in [-0.1, -0.05) is 0 Å². The molecule has 20 heteroatoms. The first-order chi connectivity index (χ1) is 18.5. The highest BCUT2D eigenvalue weighted by atomic mass is 31.2. The minimum Gasteiger partial charge on any atom is -0.394 e. The number of rotatable bonds is 8. The predicted octanol–water partition coefficient (Wildman–Crippen LogP) is -1.85. The molecular weight excluding hydrogens is 559 g/mol. The van der Waals surface area contributed by atoms with Crippen molar-refractivity contribution in [2.45, 2.75) is 56.6 Å². The Labute approximate surface area is 223 Å². The first-order valence-corrected chi connectivity index (χ1v) is 13.2. The largest absolute Gasteiger partial charge is 0.472 e. The van der Waals surface area contributed by atoms with Crippen LogP contribution in [0.15, 0.2) is 26.9 Å². The fourth-order valence-corrected chi connectivity index (χ4v) is 5.47. The van der Waals surface area contributed by atoms with Crippen LogP contribution in [0.1, 0.15) is 30.9 Å². The molecule has 5 heterocycles. The summed E-state index contributed by atoms with van der Waals surface area (Å²) in [6, 6.07) is 0. The third-order valence-corrected chi connectivity index (χ3v) is 7.46. The highest BCUT2D eigenvalue weighted by Crippen LogP contribution is 2.49. The van der Waals surface area contributed by atoms with E-state index in [9.17, 15) is 34.1 Å². The number of nitrogens with one attached hydrogen (secondary N) is 2. The van der Waals surface area contributed by atoms with Crippen LogP contribution in [-0.2, 0) is 23.1 Å². The number of aliphatic hydroxyl groups excluding tert-OH is 2. The summed E-state index contributed by atoms with van der Waals surface area (Å²) in [4.78, 5) is 58.7. The van der Waals surface area contributed by atoms with Crippen molar-refractivity contribution >= 4 is 24.9 Å². The third-order valence-electron chi connectivity index (χ3n) is 6.45. The lowest BCUT2D eigenvalue weighted by Gasteiger charge is -2.21. The summed E-state index contributed by atoms with van der Waals surface area (Å²) in [6.07, 6.45) is -3.72. The van der Waals surface area contributed by atoms with E-state index in [4.69, 9.17) is 24.3 Å². The zero-order valence-corrected chi connectivity index (χ0v) is 22.0. The summed E-state index contributed by atoms with van der Waals surface area (Å²) in [5.41, 5.74) is 4.12. The van der Waals surface area contributed by atoms with Gasteiger partial charge in [0.15, 0.2) is 11.2 Å². The van der Waals surface area contributed by atoms with E-state index < -0.39 is 74.7 Å². The fraction of sp³-hybridized carbons (Fsp3) is 0.550. The standard InChI is InChI=1S/C20H26N7O11P.H3N/c1-8-4-26(20(32)25-17(8)30)14-3-10(11(5-28)36-14)38-39(33,34)35-6-12-9(29)2-13(37-12)27-7-22-15-16(27)23-19(21)24-18(15)31;/h4,7,9-14,28-29H,2-3,5-6H2,1H3,(H,33,34)(H,25,30,32)(H3,21,23,24,31);1H3. The van der Waals surface area contributed by atoms with E-state index in [0.29, 0.717) is 0 Å². The number of aliphatic hydroxyl groups is 2. The Morgan fingerprint density at radius 3 is 2.58 bits per heavy atom. The lowest BCUT2D eigenvalue weighted by molar-refractivity contribution is -0.0564. The van der Waals surface area contributed by atoms with Gasteiger partial charge in [-0.05, 0) is 6.92 Å². The van der Waals surface area contributed by atoms with Gasteiger partial charge in [-0.3, -0.25) is 37.7 Å². The molecule has 0 aliphatic carbocycles. The third kappa shape index (κ3) is 5.78. The van der Waals surface area contributed by atoms with E-state index >= 15 is 0 Å². The van der Waals surface area contributed by atoms with Crippen LogP contribution in [0.5, 0.6) is 0 Å². The van der Waals surface area contributed by atoms with Crippen LogP contribution in [0, 0.1) is 6.92 Å². The molecule has 0 radical (unpaired) electrons. The van der Waals surface area contributed by atoms with Gasteiger partial charge in [0, 0.05) is 24.6 Å². The average molecular weight is 588 g/mol. The van der Waals surface area contributed by atoms with Crippen molar-refractivity contribution in [1.29, 1.82) is 0 Å². The zero-order chi connectivity index (χ0) is 28.1. The van der Waals surface area contributed by atoms with E-state index in [-0.39, 0.29) is 41.7 Å². The molecule has 5 rings (SSSR count). The van der Waals surface area contributed by atoms with Gasteiger partial charge in [-0.25, -0.2) is 14.3 Å². The molecular formula is C20H29N8O11P. The monoisotopic (exact) mass is 588 g/mol. The van der Waals surface area contributed by atoms with Gasteiger partial charge in [0.25, 0.3) is 11.1 Å². The number of nitrogens with zero attached hydrogens (tertiary/aromatic N) is 4. The molecule has 0 amide bonds. The molecule has 0 spiro atoms. The van der Waals surface area contributed by atoms with Crippen molar-refractivity contribution in [2.24, 2.45) is 0 Å². The van der Waals surface area contributed by atoms with Crippen molar-refractivity contribution in [1.82, 2.24) is 35.2 Å². The Morgan fingerprint density at radius 1 is 1.15 bits per heavy atom. The number of hydrogen-bond acceptors (Lipinski definition) is 14. The smallest absolute Gasteiger partial charge is 0.394 e. The molecule has 19 nitrogen and oxygen atoms in total. The predicted molar refractivity (Wildman–Crippen MR) is 134 cm³/mol. The molecule has 0 saturated carbocycles. The van der Waals surface area contributed by atoms with Crippen LogP contribution >= 0.6 is 7.82 Å². The van der Waals surface area contributed by atoms with E-state index in [1.165, 1.54) is 24.0 Å². The van der Waals surface area contributed by atoms with E-state index in [1.807, 2.05) is 0 Å². The summed E-state index contributed by atoms with van der Waals surface area (Å²) in [7, 11) is -4.77. The second-order valence-corrected chi connectivity index (χ2v) is 10.5. The molecule has 3 aromatic rings. The minimum absolute atomic E-state index is 0. The molecule has 2 saturated heterocycles. The van der Waals surface area contributed by atoms with E-state index in [1.54, 1.807) is 0 Å². The number of fused-ring (bicyclic) bond motifs is 1. The number of phosphoric ester groups is 1. The van der Waals surface area contributed by atoms with Gasteiger partial charge in [-0.15, -0.1) is 0 Å². The lowest BCUT2D eigenvalue weighted by Crippen LogP contribution is -2.33. The number of H-pyrrole nitrogens is 2. The quantitative estimate of drug-likeness (QED) is 0.142. The summed E-state index contributed by atoms with van der Waals surface area (Å²) in [5, 5.41) is 20.1. The van der Waals surface area contributed by atoms with Gasteiger partial charge in [0.1, 0.15) is 30.8 Å². The van der Waals surface area contributed by atoms with Crippen LogP contribution in [0.3, 0.4) is 0 Å². The number of aromatic amines is 2. The first kappa shape index (κ1) is 29.7. The second-order valence-electron chi connectivity index (χ2n) is 9.14. The number of aryl methyl sites for hydroxylation is 1. The summed E-state index contributed by atoms with van der Waals surface area (Å²) in [5.74, 6) is -0.133. The molecule has 2 aliphatic heterocycles. The second kappa shape index (κ2) is 11.3. The maximum atomic E-state index is 12.7. The summed E-state index contributed by atoms with van der Waals surface area (Å²) in [6.45, 7) is 0.347. The van der Waals surface area contributed by atoms with Crippen LogP contribution in [-0.4, -0.2) is 81.8 Å². The molecule has 0 aromatic carbocycles. The Hall–Kier alpha value is -3.26. The maximum absolute atomic E-state index is 12.7. The van der Waals surface area contributed by atoms with Crippen LogP contribution in [0.2, 0.25) is 0 Å². The normalized spacial score (nSPS) is 28.0. The highest BCUT2D eigenvalue weighted by molar-refractivity contribution is 7.47. The molecule has 7 unspecified atom stereocenters. The average Bonchev–Trinajstić information content (AvgIpc) is 3.56. The minimum atomic E-state index is -4.77. The molecule has 10 N–H and O–H groups in total. The molecule has 3 aromatic heterocycles. The SMILES string of the molecule is Cc1cn(C2CC(OP(=O)(O)OCC3OC(n4cnc5c(=O)[nH]c(N)nc54)CC3O)C(CO)O2)c(=O)[nH]c1=O.N. The number of aromatic nitrogens is 6. The summed E-state index contributed by atoms with van der Waals surface area (Å²) >= 11 is 0. The van der Waals surface area contributed by atoms with Crippen molar-refractivity contribution in [2.75, 3.05) is 18.9 Å². The molecule has 220 valence electrons. The maximum Gasteiger partial charge on any atom is 0.472 e. The van der Waals surface area contributed by atoms with Crippen molar-refractivity contribution in [3.8, 4) is 0 Å². The van der Waals surface area contributed by atoms with Crippen LogP contribution in [0.25, 0.3) is 11.2 Å². The molecule has 2 fully saturated rings. The van der Waals surface area contributed by atoms with Crippen molar-refractivity contribution < 1.29 is 38.2 Å². The number of ether oxygens (including phenoxy) is 2. The summed E-state index contributed by atoms with van der Waals surface area (Å²) < 4.78 is 36.8. The number of nitrogens with two attached hydrogens (primary N) is 1. The Kier molecular flexibility index (Phi) is 8.41. The number of phosphoric acid groups is 1. The van der Waals surface area contributed by atoms with Crippen molar-refractivity contribution in [3.63, 3.8) is 0 Å². The Bertz CT molecular complexity index is 1600. The van der Waals surface area contributed by atoms with Gasteiger partial charge in [0.2, 0.25) is 5.95 Å². The van der Waals surface area contributed by atoms with Gasteiger partial charge in [-0.2, -0.15) is 4.98 Å². The van der Waals surface area contributed by atoms with Crippen LogP contribution < -0.4 is 28.7 Å². The van der Waals surface area contributed by atoms with E-state index in [0.717, 1.165) is 4.57 Å². The van der Waals surface area contributed by atoms with Crippen molar-refractivity contribution in [3.05, 3.63) is 49.3 Å². The fourth-order valence-electron chi connectivity index (χ4n) is 4.51. The zero-order valence-electron chi connectivity index (χ0n) is 21.1. The molecule has 40 heavy (non-hydrogen) atoms. The Morgan fingerprint density at radius 2 is 1.85 bits per heavy atom. The molecule has 0 bridgehead atoms. The highest BCUT2D eigenvalue weighted by Gasteiger charge is 2.43. The van der Waals surface area contributed by atoms with Gasteiger partial charge < -0.3 is 36.5 Å². The van der Waals surface area contributed by atoms with E-state index in [2.05, 4.69) is 19.9 Å². The van der Waals surface area contributed by atoms with Gasteiger partial charge in [0.05, 0.1) is 25.6 Å².